The molecule has 3 rings (SSSR count). The quantitative estimate of drug-likeness (QED) is 0.140. The zero-order valence-electron chi connectivity index (χ0n) is 17.7. The van der Waals surface area contributed by atoms with Gasteiger partial charge in [0.1, 0.15) is 35.6 Å². The van der Waals surface area contributed by atoms with Gasteiger partial charge in [-0.15, -0.1) is 23.1 Å². The number of thiazole rings is 1. The summed E-state index contributed by atoms with van der Waals surface area (Å²) in [6, 6.07) is -1.04. The highest BCUT2D eigenvalue weighted by Gasteiger charge is 2.54. The van der Waals surface area contributed by atoms with E-state index in [1.807, 2.05) is 0 Å². The van der Waals surface area contributed by atoms with Gasteiger partial charge in [-0.25, -0.2) is 14.6 Å². The van der Waals surface area contributed by atoms with Gasteiger partial charge in [-0.1, -0.05) is 5.16 Å². The second-order valence-corrected chi connectivity index (χ2v) is 9.16. The van der Waals surface area contributed by atoms with Gasteiger partial charge in [-0.05, 0) is 6.92 Å². The van der Waals surface area contributed by atoms with E-state index in [9.17, 15) is 34.2 Å². The number of aliphatic carboxylic acids is 2. The van der Waals surface area contributed by atoms with Crippen molar-refractivity contribution in [1.29, 1.82) is 0 Å². The molecule has 0 radical (unpaired) electrons. The maximum absolute atomic E-state index is 12.6. The zero-order valence-corrected chi connectivity index (χ0v) is 19.3. The van der Waals surface area contributed by atoms with E-state index in [0.717, 1.165) is 16.2 Å². The van der Waals surface area contributed by atoms with Crippen LogP contribution < -0.4 is 11.1 Å². The predicted octanol–water partition coefficient (Wildman–Crippen LogP) is -0.671. The molecule has 0 aliphatic carbocycles. The van der Waals surface area contributed by atoms with E-state index in [1.165, 1.54) is 31.0 Å². The number of carboxylic acid groups (broad SMARTS) is 2. The first-order chi connectivity index (χ1) is 16.0. The number of amides is 2. The van der Waals surface area contributed by atoms with Crippen LogP contribution in [0.4, 0.5) is 5.13 Å². The SMILES string of the molecule is CC(=O)OCC1=C(C(=O)O)N2C(=O)C(NC(=O)/C=N\OC(C)(C(=O)O)c3csc(N)n3)C2SC1. The molecule has 0 spiro atoms. The van der Waals surface area contributed by atoms with Gasteiger partial charge in [0.05, 0.1) is 0 Å². The monoisotopic (exact) mass is 513 g/mol. The van der Waals surface area contributed by atoms with Crippen molar-refractivity contribution in [3.8, 4) is 0 Å². The molecule has 3 heterocycles. The summed E-state index contributed by atoms with van der Waals surface area (Å²) in [7, 11) is 0. The molecule has 3 atom stereocenters. The van der Waals surface area contributed by atoms with Crippen molar-refractivity contribution in [2.75, 3.05) is 18.1 Å². The Morgan fingerprint density at radius 2 is 2.12 bits per heavy atom. The lowest BCUT2D eigenvalue weighted by Gasteiger charge is -2.49. The zero-order chi connectivity index (χ0) is 25.2. The molecule has 1 fully saturated rings. The Kier molecular flexibility index (Phi) is 7.11. The van der Waals surface area contributed by atoms with Crippen molar-refractivity contribution in [3.63, 3.8) is 0 Å². The topological polar surface area (TPSA) is 211 Å². The Balaban J connectivity index is 1.65. The highest BCUT2D eigenvalue weighted by atomic mass is 32.2. The van der Waals surface area contributed by atoms with E-state index in [2.05, 4.69) is 15.5 Å². The number of nitrogens with one attached hydrogen (secondary N) is 1. The predicted molar refractivity (Wildman–Crippen MR) is 117 cm³/mol. The molecular formula is C18H19N5O9S2. The molecular weight excluding hydrogens is 494 g/mol. The van der Waals surface area contributed by atoms with E-state index < -0.39 is 46.7 Å². The van der Waals surface area contributed by atoms with E-state index in [1.54, 1.807) is 0 Å². The van der Waals surface area contributed by atoms with Gasteiger partial charge in [-0.3, -0.25) is 19.3 Å². The minimum Gasteiger partial charge on any atom is -0.478 e. The van der Waals surface area contributed by atoms with Crippen LogP contribution in [0.15, 0.2) is 21.8 Å². The number of β-lactam (4-membered cyclic amide) rings is 1. The molecule has 14 nitrogen and oxygen atoms in total. The number of hydrogen-bond donors (Lipinski definition) is 4. The highest BCUT2D eigenvalue weighted by Crippen LogP contribution is 2.40. The van der Waals surface area contributed by atoms with Gasteiger partial charge in [0, 0.05) is 23.6 Å². The number of nitrogens with zero attached hydrogens (tertiary/aromatic N) is 3. The average molecular weight is 514 g/mol. The number of hydrogen-bond acceptors (Lipinski definition) is 12. The molecule has 34 heavy (non-hydrogen) atoms. The number of aromatic nitrogens is 1. The second kappa shape index (κ2) is 9.68. The third-order valence-electron chi connectivity index (χ3n) is 4.82. The van der Waals surface area contributed by atoms with Gasteiger partial charge in [-0.2, -0.15) is 0 Å². The lowest BCUT2D eigenvalue weighted by atomic mass is 10.0. The Labute approximate surface area is 199 Å². The number of nitrogens with two attached hydrogens (primary N) is 1. The van der Waals surface area contributed by atoms with Crippen LogP contribution in [0.1, 0.15) is 19.5 Å². The average Bonchev–Trinajstić information content (AvgIpc) is 3.21. The largest absolute Gasteiger partial charge is 0.478 e. The molecule has 182 valence electrons. The third-order valence-corrected chi connectivity index (χ3v) is 6.83. The van der Waals surface area contributed by atoms with Gasteiger partial charge >= 0.3 is 17.9 Å². The van der Waals surface area contributed by atoms with E-state index in [0.29, 0.717) is 6.21 Å². The summed E-state index contributed by atoms with van der Waals surface area (Å²) >= 11 is 2.19. The van der Waals surface area contributed by atoms with Crippen LogP contribution in [0.3, 0.4) is 0 Å². The number of esters is 1. The maximum Gasteiger partial charge on any atom is 0.357 e. The van der Waals surface area contributed by atoms with Crippen molar-refractivity contribution in [2.24, 2.45) is 5.16 Å². The molecule has 1 aromatic heterocycles. The third kappa shape index (κ3) is 4.81. The molecule has 5 N–H and O–H groups in total. The minimum atomic E-state index is -2.01. The molecule has 16 heteroatoms. The summed E-state index contributed by atoms with van der Waals surface area (Å²) in [6.07, 6.45) is 0.653. The number of carbonyl (C=O) groups is 5. The first-order valence-corrected chi connectivity index (χ1v) is 11.4. The molecule has 0 saturated carbocycles. The van der Waals surface area contributed by atoms with E-state index in [-0.39, 0.29) is 34.5 Å². The maximum atomic E-state index is 12.6. The van der Waals surface area contributed by atoms with Crippen LogP contribution in [0.5, 0.6) is 0 Å². The summed E-state index contributed by atoms with van der Waals surface area (Å²) in [4.78, 5) is 69.0. The number of nitrogen functional groups attached to an aromatic ring is 1. The van der Waals surface area contributed by atoms with Crippen molar-refractivity contribution < 1.29 is 43.8 Å². The number of carbonyl (C=O) groups excluding carboxylic acids is 3. The van der Waals surface area contributed by atoms with Gasteiger partial charge < -0.3 is 30.8 Å². The van der Waals surface area contributed by atoms with Crippen LogP contribution in [-0.4, -0.2) is 79.8 Å². The number of anilines is 1. The van der Waals surface area contributed by atoms with E-state index in [4.69, 9.17) is 15.3 Å². The fraction of sp³-hybridized carbons (Fsp3) is 0.389. The van der Waals surface area contributed by atoms with Crippen LogP contribution >= 0.6 is 23.1 Å². The molecule has 3 unspecified atom stereocenters. The Morgan fingerprint density at radius 3 is 2.68 bits per heavy atom. The van der Waals surface area contributed by atoms with Gasteiger partial charge in [0.25, 0.3) is 17.4 Å². The summed E-state index contributed by atoms with van der Waals surface area (Å²) in [5, 5.41) is 25.6. The summed E-state index contributed by atoms with van der Waals surface area (Å²) in [5.41, 5.74) is 3.46. The number of thioether (sulfide) groups is 1. The Morgan fingerprint density at radius 1 is 1.41 bits per heavy atom. The number of ether oxygens (including phenoxy) is 1. The van der Waals surface area contributed by atoms with Gasteiger partial charge in [0.2, 0.25) is 0 Å². The number of rotatable bonds is 9. The molecule has 2 aliphatic heterocycles. The van der Waals surface area contributed by atoms with Crippen LogP contribution in [0.2, 0.25) is 0 Å². The molecule has 0 bridgehead atoms. The summed E-state index contributed by atoms with van der Waals surface area (Å²) in [6.45, 7) is 2.09. The highest BCUT2D eigenvalue weighted by molar-refractivity contribution is 8.00. The summed E-state index contributed by atoms with van der Waals surface area (Å²) in [5.74, 6) is -4.75. The summed E-state index contributed by atoms with van der Waals surface area (Å²) < 4.78 is 4.85. The normalized spacial score (nSPS) is 21.4. The van der Waals surface area contributed by atoms with Crippen molar-refractivity contribution in [3.05, 3.63) is 22.3 Å². The molecule has 1 aromatic rings. The first-order valence-electron chi connectivity index (χ1n) is 9.46. The van der Waals surface area contributed by atoms with Crippen LogP contribution in [-0.2, 0) is 39.1 Å². The Bertz CT molecular complexity index is 1120. The molecule has 1 saturated heterocycles. The first kappa shape index (κ1) is 25.0. The van der Waals surface area contributed by atoms with Crippen LogP contribution in [0.25, 0.3) is 0 Å². The lowest BCUT2D eigenvalue weighted by molar-refractivity contribution is -0.165. The second-order valence-electron chi connectivity index (χ2n) is 7.17. The van der Waals surface area contributed by atoms with Crippen molar-refractivity contribution >= 4 is 64.2 Å². The van der Waals surface area contributed by atoms with Crippen LogP contribution in [0, 0.1) is 0 Å². The standard InChI is InChI=1S/C18H19N5O9S2/c1-7(24)31-4-8-5-33-14-11(13(26)23(14)12(8)15(27)28)22-10(25)3-20-32-18(2,16(29)30)9-6-34-17(19)21-9/h3,6,11,14H,4-5H2,1-2H3,(H2,19,21)(H,22,25)(H,27,28)(H,29,30)/b20-3-. The van der Waals surface area contributed by atoms with E-state index >= 15 is 0 Å². The van der Waals surface area contributed by atoms with Gasteiger partial charge in [0.15, 0.2) is 5.13 Å². The van der Waals surface area contributed by atoms with Crippen molar-refractivity contribution in [1.82, 2.24) is 15.2 Å². The molecule has 2 amide bonds. The number of carboxylic acids is 2. The number of fused-ring (bicyclic) bond motifs is 1. The number of oxime groups is 1. The lowest BCUT2D eigenvalue weighted by Crippen LogP contribution is -2.70. The minimum absolute atomic E-state index is 0.0129. The fourth-order valence-corrected chi connectivity index (χ4v) is 5.04. The smallest absolute Gasteiger partial charge is 0.357 e. The molecule has 0 aromatic carbocycles. The fourth-order valence-electron chi connectivity index (χ4n) is 3.06. The Hall–Kier alpha value is -3.66. The van der Waals surface area contributed by atoms with Crippen molar-refractivity contribution in [2.45, 2.75) is 30.9 Å². The molecule has 2 aliphatic rings.